The summed E-state index contributed by atoms with van der Waals surface area (Å²) in [4.78, 5) is 0. The van der Waals surface area contributed by atoms with Crippen LogP contribution < -0.4 is 0 Å². The lowest BCUT2D eigenvalue weighted by atomic mass is 10.4. The Morgan fingerprint density at radius 2 is 2.13 bits per heavy atom. The molecule has 0 aromatic carbocycles. The van der Waals surface area contributed by atoms with Crippen molar-refractivity contribution in [1.82, 2.24) is 4.31 Å². The van der Waals surface area contributed by atoms with Crippen LogP contribution in [-0.2, 0) is 10.0 Å². The van der Waals surface area contributed by atoms with Crippen LogP contribution in [0.2, 0.25) is 0 Å². The van der Waals surface area contributed by atoms with Crippen LogP contribution in [0.3, 0.4) is 0 Å². The summed E-state index contributed by atoms with van der Waals surface area (Å²) in [6.07, 6.45) is 3.80. The fourth-order valence-electron chi connectivity index (χ4n) is 1.52. The molecule has 0 aromatic rings. The second kappa shape index (κ2) is 5.47. The third-order valence-electron chi connectivity index (χ3n) is 2.51. The molecule has 0 N–H and O–H groups in total. The molecule has 1 saturated carbocycles. The van der Waals surface area contributed by atoms with E-state index in [-0.39, 0.29) is 11.8 Å². The molecule has 0 bridgehead atoms. The number of nitrogens with zero attached hydrogens (tertiary/aromatic N) is 2. The van der Waals surface area contributed by atoms with Gasteiger partial charge >= 0.3 is 0 Å². The third kappa shape index (κ3) is 3.80. The van der Waals surface area contributed by atoms with Crippen molar-refractivity contribution in [2.24, 2.45) is 0 Å². The average molecular weight is 230 g/mol. The van der Waals surface area contributed by atoms with E-state index in [1.165, 1.54) is 4.31 Å². The second-order valence-corrected chi connectivity index (χ2v) is 5.96. The van der Waals surface area contributed by atoms with Crippen molar-refractivity contribution in [3.05, 3.63) is 0 Å². The Morgan fingerprint density at radius 1 is 1.47 bits per heavy atom. The highest BCUT2D eigenvalue weighted by Gasteiger charge is 2.36. The standard InChI is InChI=1S/C10H18N2O2S/c1-2-3-9-15(13,14)12(8-4-7-11)10-5-6-10/h10H,2-6,8-9H2,1H3. The van der Waals surface area contributed by atoms with Crippen molar-refractivity contribution in [2.75, 3.05) is 12.3 Å². The van der Waals surface area contributed by atoms with E-state index in [4.69, 9.17) is 5.26 Å². The van der Waals surface area contributed by atoms with E-state index in [0.717, 1.165) is 19.3 Å². The van der Waals surface area contributed by atoms with Crippen molar-refractivity contribution < 1.29 is 8.42 Å². The van der Waals surface area contributed by atoms with E-state index in [1.54, 1.807) is 0 Å². The lowest BCUT2D eigenvalue weighted by Gasteiger charge is -2.20. The number of unbranched alkanes of at least 4 members (excludes halogenated alkanes) is 1. The zero-order chi connectivity index (χ0) is 11.3. The topological polar surface area (TPSA) is 61.2 Å². The first kappa shape index (κ1) is 12.5. The molecule has 4 nitrogen and oxygen atoms in total. The Labute approximate surface area is 91.9 Å². The van der Waals surface area contributed by atoms with Crippen LogP contribution in [0.5, 0.6) is 0 Å². The van der Waals surface area contributed by atoms with E-state index < -0.39 is 10.0 Å². The lowest BCUT2D eigenvalue weighted by molar-refractivity contribution is 0.410. The maximum absolute atomic E-state index is 11.9. The van der Waals surface area contributed by atoms with Crippen LogP contribution in [-0.4, -0.2) is 31.1 Å². The zero-order valence-corrected chi connectivity index (χ0v) is 9.96. The zero-order valence-electron chi connectivity index (χ0n) is 9.15. The Hall–Kier alpha value is -0.600. The van der Waals surface area contributed by atoms with Gasteiger partial charge in [0, 0.05) is 19.0 Å². The molecule has 0 heterocycles. The minimum atomic E-state index is -3.11. The van der Waals surface area contributed by atoms with E-state index >= 15 is 0 Å². The van der Waals surface area contributed by atoms with Gasteiger partial charge in [-0.25, -0.2) is 8.42 Å². The van der Waals surface area contributed by atoms with Gasteiger partial charge in [-0.1, -0.05) is 13.3 Å². The Morgan fingerprint density at radius 3 is 2.60 bits per heavy atom. The molecule has 1 rings (SSSR count). The highest BCUT2D eigenvalue weighted by atomic mass is 32.2. The van der Waals surface area contributed by atoms with Crippen LogP contribution in [0.1, 0.15) is 39.0 Å². The molecule has 0 aromatic heterocycles. The van der Waals surface area contributed by atoms with Crippen LogP contribution in [0, 0.1) is 11.3 Å². The van der Waals surface area contributed by atoms with Crippen molar-refractivity contribution >= 4 is 10.0 Å². The van der Waals surface area contributed by atoms with Crippen LogP contribution in [0.25, 0.3) is 0 Å². The van der Waals surface area contributed by atoms with Crippen LogP contribution in [0.15, 0.2) is 0 Å². The molecule has 0 atom stereocenters. The highest BCUT2D eigenvalue weighted by molar-refractivity contribution is 7.89. The Bertz CT molecular complexity index is 328. The lowest BCUT2D eigenvalue weighted by Crippen LogP contribution is -2.35. The predicted octanol–water partition coefficient (Wildman–Crippen LogP) is 1.49. The predicted molar refractivity (Wildman–Crippen MR) is 58.7 cm³/mol. The molecule has 0 radical (unpaired) electrons. The summed E-state index contributed by atoms with van der Waals surface area (Å²) in [7, 11) is -3.11. The van der Waals surface area contributed by atoms with Gasteiger partial charge in [-0.15, -0.1) is 0 Å². The molecular weight excluding hydrogens is 212 g/mol. The Balaban J connectivity index is 2.57. The van der Waals surface area contributed by atoms with Gasteiger partial charge in [0.1, 0.15) is 0 Å². The van der Waals surface area contributed by atoms with E-state index in [9.17, 15) is 8.42 Å². The van der Waals surface area contributed by atoms with E-state index in [1.807, 2.05) is 13.0 Å². The molecule has 0 unspecified atom stereocenters. The number of rotatable bonds is 7. The van der Waals surface area contributed by atoms with Gasteiger partial charge in [-0.2, -0.15) is 9.57 Å². The molecule has 0 saturated heterocycles. The molecule has 0 amide bonds. The maximum atomic E-state index is 11.9. The summed E-state index contributed by atoms with van der Waals surface area (Å²) in [6, 6.07) is 2.18. The summed E-state index contributed by atoms with van der Waals surface area (Å²) < 4.78 is 25.3. The fourth-order valence-corrected chi connectivity index (χ4v) is 3.44. The van der Waals surface area contributed by atoms with Gasteiger partial charge in [0.05, 0.1) is 11.8 Å². The quantitative estimate of drug-likeness (QED) is 0.665. The summed E-state index contributed by atoms with van der Waals surface area (Å²) in [6.45, 7) is 2.35. The normalized spacial score (nSPS) is 16.6. The van der Waals surface area contributed by atoms with Crippen molar-refractivity contribution in [3.8, 4) is 6.07 Å². The van der Waals surface area contributed by atoms with E-state index in [2.05, 4.69) is 0 Å². The molecule has 15 heavy (non-hydrogen) atoms. The van der Waals surface area contributed by atoms with Gasteiger partial charge in [-0.05, 0) is 19.3 Å². The average Bonchev–Trinajstić information content (AvgIpc) is 2.99. The molecular formula is C10H18N2O2S. The summed E-state index contributed by atoms with van der Waals surface area (Å²) in [5.41, 5.74) is 0. The molecule has 1 aliphatic carbocycles. The largest absolute Gasteiger partial charge is 0.214 e. The molecule has 5 heteroatoms. The monoisotopic (exact) mass is 230 g/mol. The van der Waals surface area contributed by atoms with E-state index in [0.29, 0.717) is 19.4 Å². The summed E-state index contributed by atoms with van der Waals surface area (Å²) in [5.74, 6) is 0.228. The SMILES string of the molecule is CCCCS(=O)(=O)N(CCC#N)C1CC1. The molecule has 1 aliphatic rings. The first-order valence-electron chi connectivity index (χ1n) is 5.48. The number of sulfonamides is 1. The summed E-state index contributed by atoms with van der Waals surface area (Å²) >= 11 is 0. The maximum Gasteiger partial charge on any atom is 0.214 e. The number of nitriles is 1. The Kier molecular flexibility index (Phi) is 4.55. The van der Waals surface area contributed by atoms with Crippen molar-refractivity contribution in [3.63, 3.8) is 0 Å². The van der Waals surface area contributed by atoms with Gasteiger partial charge in [0.15, 0.2) is 0 Å². The minimum Gasteiger partial charge on any atom is -0.212 e. The minimum absolute atomic E-state index is 0.181. The van der Waals surface area contributed by atoms with Crippen molar-refractivity contribution in [2.45, 2.75) is 45.1 Å². The smallest absolute Gasteiger partial charge is 0.212 e. The summed E-state index contributed by atoms with van der Waals surface area (Å²) in [5, 5.41) is 8.49. The fraction of sp³-hybridized carbons (Fsp3) is 0.900. The number of hydrogen-bond acceptors (Lipinski definition) is 3. The highest BCUT2D eigenvalue weighted by Crippen LogP contribution is 2.29. The van der Waals surface area contributed by atoms with Crippen LogP contribution >= 0.6 is 0 Å². The van der Waals surface area contributed by atoms with Gasteiger partial charge in [0.25, 0.3) is 0 Å². The first-order chi connectivity index (χ1) is 7.11. The second-order valence-electron chi connectivity index (χ2n) is 3.92. The van der Waals surface area contributed by atoms with Gasteiger partial charge < -0.3 is 0 Å². The molecule has 1 fully saturated rings. The van der Waals surface area contributed by atoms with Gasteiger partial charge in [0.2, 0.25) is 10.0 Å². The number of hydrogen-bond donors (Lipinski definition) is 0. The first-order valence-corrected chi connectivity index (χ1v) is 7.09. The third-order valence-corrected chi connectivity index (χ3v) is 4.51. The molecule has 86 valence electrons. The van der Waals surface area contributed by atoms with Gasteiger partial charge in [-0.3, -0.25) is 0 Å². The van der Waals surface area contributed by atoms with Crippen molar-refractivity contribution in [1.29, 1.82) is 5.26 Å². The molecule has 0 spiro atoms. The molecule has 0 aliphatic heterocycles. The van der Waals surface area contributed by atoms with Crippen LogP contribution in [0.4, 0.5) is 0 Å².